The van der Waals surface area contributed by atoms with Crippen LogP contribution in [0.1, 0.15) is 221 Å². The molecular weight excluding hydrogens is 701 g/mol. The summed E-state index contributed by atoms with van der Waals surface area (Å²) in [4.78, 5) is 45.0. The number of carbonyl (C=O) groups is 3. The van der Waals surface area contributed by atoms with E-state index in [1.54, 1.807) is 20.8 Å². The van der Waals surface area contributed by atoms with Crippen LogP contribution in [-0.4, -0.2) is 66.6 Å². The second-order valence-corrected chi connectivity index (χ2v) is 16.9. The van der Waals surface area contributed by atoms with Crippen LogP contribution in [0.25, 0.3) is 0 Å². The van der Waals surface area contributed by atoms with Gasteiger partial charge in [0.2, 0.25) is 11.8 Å². The first-order chi connectivity index (χ1) is 27.0. The van der Waals surface area contributed by atoms with Crippen LogP contribution in [-0.2, 0) is 14.3 Å². The molecule has 0 aliphatic rings. The number of carbonyl (C=O) groups excluding carboxylic acids is 3. The lowest BCUT2D eigenvalue weighted by Gasteiger charge is -2.25. The van der Waals surface area contributed by atoms with Gasteiger partial charge in [0.15, 0.2) is 5.96 Å². The number of alkyl carbamates (subject to hydrolysis) is 1. The number of nitrogens with two attached hydrogens (primary N) is 2. The highest BCUT2D eigenvalue weighted by Crippen LogP contribution is 2.15. The Kier molecular flexibility index (Phi) is 35.9. The number of nitrogens with zero attached hydrogens (tertiary/aromatic N) is 2. The number of guanidine groups is 1. The van der Waals surface area contributed by atoms with Crippen LogP contribution >= 0.6 is 0 Å². The van der Waals surface area contributed by atoms with Gasteiger partial charge in [-0.1, -0.05) is 167 Å². The summed E-state index contributed by atoms with van der Waals surface area (Å²) in [7, 11) is 0. The van der Waals surface area contributed by atoms with E-state index < -0.39 is 23.6 Å². The van der Waals surface area contributed by atoms with Gasteiger partial charge in [-0.3, -0.25) is 14.6 Å². The van der Waals surface area contributed by atoms with E-state index in [2.05, 4.69) is 41.6 Å². The molecule has 0 aromatic carbocycles. The fourth-order valence-corrected chi connectivity index (χ4v) is 6.85. The summed E-state index contributed by atoms with van der Waals surface area (Å²) >= 11 is 0. The molecule has 0 spiro atoms. The standard InChI is InChI=1S/C46H90N6O4/c1-6-8-10-12-14-16-18-20-22-23-25-27-29-31-33-35-39-52(38-34-32-30-28-26-24-21-19-17-15-13-11-9-7-2)42(53)40-50-43(54)41(36-37-49-44(47)48)51-45(55)56-46(3,4)5/h20,22,41H,6-19,21,23-40H2,1-5H3,(H,50,54)(H,51,55)(H4,47,48,49). The molecule has 0 heterocycles. The predicted molar refractivity (Wildman–Crippen MR) is 238 cm³/mol. The summed E-state index contributed by atoms with van der Waals surface area (Å²) in [5.74, 6) is -0.660. The van der Waals surface area contributed by atoms with Crippen molar-refractivity contribution >= 4 is 23.9 Å². The molecule has 0 bridgehead atoms. The van der Waals surface area contributed by atoms with Crippen molar-refractivity contribution in [2.75, 3.05) is 26.2 Å². The maximum atomic E-state index is 13.5. The Labute approximate surface area is 345 Å². The van der Waals surface area contributed by atoms with E-state index >= 15 is 0 Å². The number of hydrogen-bond acceptors (Lipinski definition) is 5. The number of hydrogen-bond donors (Lipinski definition) is 4. The number of amides is 3. The van der Waals surface area contributed by atoms with E-state index in [1.807, 2.05) is 4.90 Å². The van der Waals surface area contributed by atoms with E-state index in [-0.39, 0.29) is 31.4 Å². The van der Waals surface area contributed by atoms with Crippen molar-refractivity contribution in [3.63, 3.8) is 0 Å². The molecule has 0 aliphatic heterocycles. The molecule has 10 nitrogen and oxygen atoms in total. The van der Waals surface area contributed by atoms with E-state index in [4.69, 9.17) is 16.2 Å². The monoisotopic (exact) mass is 791 g/mol. The molecular formula is C46H90N6O4. The van der Waals surface area contributed by atoms with Crippen LogP contribution in [0.4, 0.5) is 4.79 Å². The lowest BCUT2D eigenvalue weighted by Crippen LogP contribution is -2.51. The zero-order valence-electron chi connectivity index (χ0n) is 37.2. The van der Waals surface area contributed by atoms with Gasteiger partial charge in [0, 0.05) is 19.6 Å². The van der Waals surface area contributed by atoms with Gasteiger partial charge in [-0.15, -0.1) is 0 Å². The van der Waals surface area contributed by atoms with Crippen molar-refractivity contribution < 1.29 is 19.1 Å². The Bertz CT molecular complexity index is 1010. The average molecular weight is 791 g/mol. The summed E-state index contributed by atoms with van der Waals surface area (Å²) in [5, 5.41) is 5.37. The topological polar surface area (TPSA) is 152 Å². The minimum absolute atomic E-state index is 0.0954. The number of rotatable bonds is 38. The van der Waals surface area contributed by atoms with E-state index in [0.717, 1.165) is 25.7 Å². The van der Waals surface area contributed by atoms with Crippen LogP contribution in [0, 0.1) is 0 Å². The predicted octanol–water partition coefficient (Wildman–Crippen LogP) is 11.0. The van der Waals surface area contributed by atoms with Gasteiger partial charge in [0.1, 0.15) is 11.6 Å². The van der Waals surface area contributed by atoms with Gasteiger partial charge >= 0.3 is 6.09 Å². The second-order valence-electron chi connectivity index (χ2n) is 16.9. The first-order valence-corrected chi connectivity index (χ1v) is 23.3. The second kappa shape index (κ2) is 37.8. The Hall–Kier alpha value is -2.78. The Morgan fingerprint density at radius 1 is 0.625 bits per heavy atom. The highest BCUT2D eigenvalue weighted by atomic mass is 16.6. The van der Waals surface area contributed by atoms with Gasteiger partial charge < -0.3 is 31.7 Å². The summed E-state index contributed by atoms with van der Waals surface area (Å²) in [6.07, 6.45) is 39.7. The maximum absolute atomic E-state index is 13.5. The third kappa shape index (κ3) is 36.8. The minimum Gasteiger partial charge on any atom is -0.444 e. The number of allylic oxidation sites excluding steroid dienone is 2. The first-order valence-electron chi connectivity index (χ1n) is 23.3. The van der Waals surface area contributed by atoms with Crippen LogP contribution in [0.15, 0.2) is 17.1 Å². The van der Waals surface area contributed by atoms with E-state index in [1.165, 1.54) is 154 Å². The third-order valence-electron chi connectivity index (χ3n) is 10.2. The number of nitrogens with one attached hydrogen (secondary N) is 2. The third-order valence-corrected chi connectivity index (χ3v) is 10.2. The lowest BCUT2D eigenvalue weighted by atomic mass is 10.0. The van der Waals surface area contributed by atoms with Gasteiger partial charge in [-0.2, -0.15) is 0 Å². The van der Waals surface area contributed by atoms with Crippen molar-refractivity contribution in [2.45, 2.75) is 232 Å². The molecule has 56 heavy (non-hydrogen) atoms. The fraction of sp³-hybridized carbons (Fsp3) is 0.870. The van der Waals surface area contributed by atoms with E-state index in [9.17, 15) is 14.4 Å². The van der Waals surface area contributed by atoms with Crippen LogP contribution < -0.4 is 22.1 Å². The molecule has 0 fully saturated rings. The zero-order valence-corrected chi connectivity index (χ0v) is 37.2. The Morgan fingerprint density at radius 2 is 1.02 bits per heavy atom. The van der Waals surface area contributed by atoms with E-state index in [0.29, 0.717) is 13.1 Å². The molecule has 0 aliphatic carbocycles. The minimum atomic E-state index is -0.948. The number of ether oxygens (including phenoxy) is 1. The normalized spacial score (nSPS) is 12.1. The van der Waals surface area contributed by atoms with Crippen LogP contribution in [0.5, 0.6) is 0 Å². The SMILES string of the molecule is CCCCCCCCC=CCCCCCCCCN(CCCCCCCCCCCCCCCC)C(=O)CNC(=O)C(CCN=C(N)N)NC(=O)OC(C)(C)C. The summed E-state index contributed by atoms with van der Waals surface area (Å²) in [6, 6.07) is -0.948. The molecule has 0 rings (SSSR count). The summed E-state index contributed by atoms with van der Waals surface area (Å²) < 4.78 is 5.35. The largest absolute Gasteiger partial charge is 0.444 e. The van der Waals surface area contributed by atoms with Crippen LogP contribution in [0.3, 0.4) is 0 Å². The Morgan fingerprint density at radius 3 is 1.41 bits per heavy atom. The average Bonchev–Trinajstić information content (AvgIpc) is 3.14. The van der Waals surface area contributed by atoms with Crippen molar-refractivity contribution in [1.82, 2.24) is 15.5 Å². The number of unbranched alkanes of at least 4 members (excludes halogenated alkanes) is 25. The molecule has 0 aromatic rings. The van der Waals surface area contributed by atoms with Crippen molar-refractivity contribution in [1.29, 1.82) is 0 Å². The molecule has 0 aromatic heterocycles. The lowest BCUT2D eigenvalue weighted by molar-refractivity contribution is -0.133. The molecule has 6 N–H and O–H groups in total. The Balaban J connectivity index is 4.78. The molecule has 1 atom stereocenters. The van der Waals surface area contributed by atoms with Crippen LogP contribution in [0.2, 0.25) is 0 Å². The highest BCUT2D eigenvalue weighted by molar-refractivity contribution is 5.89. The molecule has 328 valence electrons. The zero-order chi connectivity index (χ0) is 41.5. The molecule has 0 radical (unpaired) electrons. The molecule has 10 heteroatoms. The smallest absolute Gasteiger partial charge is 0.408 e. The summed E-state index contributed by atoms with van der Waals surface area (Å²) in [6.45, 7) is 11.2. The molecule has 3 amide bonds. The van der Waals surface area contributed by atoms with Gasteiger partial charge in [-0.25, -0.2) is 4.79 Å². The number of aliphatic imine (C=N–C) groups is 1. The van der Waals surface area contributed by atoms with Gasteiger partial charge in [0.05, 0.1) is 6.54 Å². The molecule has 1 unspecified atom stereocenters. The molecule has 0 saturated heterocycles. The van der Waals surface area contributed by atoms with Crippen molar-refractivity contribution in [3.05, 3.63) is 12.2 Å². The van der Waals surface area contributed by atoms with Crippen molar-refractivity contribution in [2.24, 2.45) is 16.5 Å². The van der Waals surface area contributed by atoms with Gasteiger partial charge in [0.25, 0.3) is 0 Å². The van der Waals surface area contributed by atoms with Gasteiger partial charge in [-0.05, 0) is 65.7 Å². The highest BCUT2D eigenvalue weighted by Gasteiger charge is 2.25. The summed E-state index contributed by atoms with van der Waals surface area (Å²) in [5.41, 5.74) is 10.2. The first kappa shape index (κ1) is 53.2. The quantitative estimate of drug-likeness (QED) is 0.0211. The maximum Gasteiger partial charge on any atom is 0.408 e. The van der Waals surface area contributed by atoms with Crippen molar-refractivity contribution in [3.8, 4) is 0 Å². The fourth-order valence-electron chi connectivity index (χ4n) is 6.85. The molecule has 0 saturated carbocycles.